The first kappa shape index (κ1) is 18.3. The molecule has 0 fully saturated rings. The molecule has 0 aliphatic heterocycles. The molecule has 4 rings (SSSR count). The van der Waals surface area contributed by atoms with Gasteiger partial charge in [0.15, 0.2) is 0 Å². The Balaban J connectivity index is 1.58. The molecule has 0 spiro atoms. The smallest absolute Gasteiger partial charge is 0.360 e. The number of anilines is 1. The van der Waals surface area contributed by atoms with Crippen molar-refractivity contribution in [3.05, 3.63) is 93.3 Å². The molecule has 2 aromatic carbocycles. The third-order valence-corrected chi connectivity index (χ3v) is 4.22. The highest BCUT2D eigenvalue weighted by Crippen LogP contribution is 2.16. The van der Waals surface area contributed by atoms with E-state index < -0.39 is 29.5 Å². The predicted octanol–water partition coefficient (Wildman–Crippen LogP) is 2.79. The van der Waals surface area contributed by atoms with Gasteiger partial charge in [0, 0.05) is 17.0 Å². The number of hydrogen-bond donors (Lipinski definition) is 1. The van der Waals surface area contributed by atoms with E-state index in [1.807, 2.05) is 0 Å². The third kappa shape index (κ3) is 3.96. The SMILES string of the molecule is O=C(Cn1nc(-c2ccc(F)cc2)ccc1=O)Nc1cc2ccccc2oc1=O. The first-order valence-corrected chi connectivity index (χ1v) is 8.66. The van der Waals surface area contributed by atoms with E-state index in [9.17, 15) is 18.8 Å². The molecule has 2 aromatic heterocycles. The van der Waals surface area contributed by atoms with Gasteiger partial charge in [0.25, 0.3) is 5.56 Å². The van der Waals surface area contributed by atoms with Crippen LogP contribution in [0.2, 0.25) is 0 Å². The number of aromatic nitrogens is 2. The number of para-hydroxylation sites is 1. The van der Waals surface area contributed by atoms with Crippen LogP contribution in [0.5, 0.6) is 0 Å². The van der Waals surface area contributed by atoms with E-state index in [4.69, 9.17) is 4.42 Å². The lowest BCUT2D eigenvalue weighted by atomic mass is 10.1. The number of fused-ring (bicyclic) bond motifs is 1. The van der Waals surface area contributed by atoms with Crippen molar-refractivity contribution < 1.29 is 13.6 Å². The Morgan fingerprint density at radius 3 is 2.59 bits per heavy atom. The predicted molar refractivity (Wildman–Crippen MR) is 105 cm³/mol. The maximum Gasteiger partial charge on any atom is 0.360 e. The summed E-state index contributed by atoms with van der Waals surface area (Å²) in [5, 5.41) is 7.24. The third-order valence-electron chi connectivity index (χ3n) is 4.22. The van der Waals surface area contributed by atoms with Crippen molar-refractivity contribution in [3.63, 3.8) is 0 Å². The van der Waals surface area contributed by atoms with Crippen molar-refractivity contribution in [1.82, 2.24) is 9.78 Å². The van der Waals surface area contributed by atoms with Crippen LogP contribution in [0.4, 0.5) is 10.1 Å². The molecule has 0 radical (unpaired) electrons. The van der Waals surface area contributed by atoms with Crippen LogP contribution in [0, 0.1) is 5.82 Å². The van der Waals surface area contributed by atoms with Gasteiger partial charge in [0.1, 0.15) is 23.6 Å². The van der Waals surface area contributed by atoms with Gasteiger partial charge in [-0.15, -0.1) is 0 Å². The lowest BCUT2D eigenvalue weighted by Crippen LogP contribution is -2.30. The number of benzene rings is 2. The van der Waals surface area contributed by atoms with Gasteiger partial charge in [-0.25, -0.2) is 13.9 Å². The van der Waals surface area contributed by atoms with E-state index in [-0.39, 0.29) is 5.69 Å². The van der Waals surface area contributed by atoms with Gasteiger partial charge in [0.2, 0.25) is 5.91 Å². The van der Waals surface area contributed by atoms with Crippen LogP contribution in [0.25, 0.3) is 22.2 Å². The van der Waals surface area contributed by atoms with Crippen molar-refractivity contribution in [2.45, 2.75) is 6.54 Å². The highest BCUT2D eigenvalue weighted by atomic mass is 19.1. The molecule has 0 bridgehead atoms. The first-order chi connectivity index (χ1) is 14.0. The molecule has 0 atom stereocenters. The molecule has 144 valence electrons. The average Bonchev–Trinajstić information content (AvgIpc) is 2.71. The van der Waals surface area contributed by atoms with Gasteiger partial charge in [0.05, 0.1) is 5.69 Å². The number of hydrogen-bond acceptors (Lipinski definition) is 5. The lowest BCUT2D eigenvalue weighted by Gasteiger charge is -2.08. The summed E-state index contributed by atoms with van der Waals surface area (Å²) in [5.41, 5.74) is 0.184. The molecule has 1 amide bonds. The molecule has 0 aliphatic rings. The minimum atomic E-state index is -0.697. The van der Waals surface area contributed by atoms with Gasteiger partial charge in [-0.05, 0) is 42.5 Å². The van der Waals surface area contributed by atoms with Crippen LogP contribution in [-0.4, -0.2) is 15.7 Å². The van der Waals surface area contributed by atoms with Crippen LogP contribution in [0.3, 0.4) is 0 Å². The highest BCUT2D eigenvalue weighted by molar-refractivity contribution is 5.92. The average molecular weight is 391 g/mol. The first-order valence-electron chi connectivity index (χ1n) is 8.66. The summed E-state index contributed by atoms with van der Waals surface area (Å²) < 4.78 is 19.2. The van der Waals surface area contributed by atoms with Gasteiger partial charge < -0.3 is 9.73 Å². The molecule has 4 aromatic rings. The standard InChI is InChI=1S/C21H14FN3O4/c22-15-7-5-13(6-8-15)16-9-10-20(27)25(24-16)12-19(26)23-17-11-14-3-1-2-4-18(14)29-21(17)28/h1-11H,12H2,(H,23,26). The van der Waals surface area contributed by atoms with E-state index in [1.54, 1.807) is 24.3 Å². The summed E-state index contributed by atoms with van der Waals surface area (Å²) in [5.74, 6) is -1.01. The number of nitrogens with zero attached hydrogens (tertiary/aromatic N) is 2. The summed E-state index contributed by atoms with van der Waals surface area (Å²) in [4.78, 5) is 36.5. The van der Waals surface area contributed by atoms with Crippen LogP contribution < -0.4 is 16.5 Å². The summed E-state index contributed by atoms with van der Waals surface area (Å²) in [6.45, 7) is -0.403. The Bertz CT molecular complexity index is 1330. The summed E-state index contributed by atoms with van der Waals surface area (Å²) >= 11 is 0. The topological polar surface area (TPSA) is 94.2 Å². The zero-order valence-electron chi connectivity index (χ0n) is 15.0. The molecule has 0 saturated heterocycles. The number of nitrogens with one attached hydrogen (secondary N) is 1. The second-order valence-electron chi connectivity index (χ2n) is 6.25. The molecule has 0 unspecified atom stereocenters. The normalized spacial score (nSPS) is 10.8. The van der Waals surface area contributed by atoms with Crippen LogP contribution >= 0.6 is 0 Å². The number of carbonyl (C=O) groups excluding carboxylic acids is 1. The second kappa shape index (κ2) is 7.51. The van der Waals surface area contributed by atoms with Crippen LogP contribution in [0.1, 0.15) is 0 Å². The zero-order chi connectivity index (χ0) is 20.4. The van der Waals surface area contributed by atoms with Crippen molar-refractivity contribution >= 4 is 22.6 Å². The van der Waals surface area contributed by atoms with E-state index in [1.165, 1.54) is 42.5 Å². The van der Waals surface area contributed by atoms with Crippen molar-refractivity contribution in [2.24, 2.45) is 0 Å². The lowest BCUT2D eigenvalue weighted by molar-refractivity contribution is -0.117. The molecule has 0 saturated carbocycles. The quantitative estimate of drug-likeness (QED) is 0.540. The number of carbonyl (C=O) groups is 1. The van der Waals surface area contributed by atoms with E-state index in [2.05, 4.69) is 10.4 Å². The van der Waals surface area contributed by atoms with Crippen LogP contribution in [0.15, 0.2) is 80.7 Å². The number of amides is 1. The molecule has 0 aliphatic carbocycles. The number of halogens is 1. The fraction of sp³-hybridized carbons (Fsp3) is 0.0476. The van der Waals surface area contributed by atoms with E-state index >= 15 is 0 Å². The van der Waals surface area contributed by atoms with Crippen LogP contribution in [-0.2, 0) is 11.3 Å². The molecule has 2 heterocycles. The van der Waals surface area contributed by atoms with Crippen molar-refractivity contribution in [3.8, 4) is 11.3 Å². The van der Waals surface area contributed by atoms with Gasteiger partial charge in [-0.1, -0.05) is 18.2 Å². The summed E-state index contributed by atoms with van der Waals surface area (Å²) in [7, 11) is 0. The van der Waals surface area contributed by atoms with Crippen molar-refractivity contribution in [1.29, 1.82) is 0 Å². The molecule has 8 heteroatoms. The highest BCUT2D eigenvalue weighted by Gasteiger charge is 2.12. The van der Waals surface area contributed by atoms with E-state index in [0.29, 0.717) is 22.2 Å². The Kier molecular flexibility index (Phi) is 4.74. The summed E-state index contributed by atoms with van der Waals surface area (Å²) in [6, 6.07) is 16.7. The maximum atomic E-state index is 13.1. The minimum Gasteiger partial charge on any atom is -0.421 e. The van der Waals surface area contributed by atoms with Gasteiger partial charge in [-0.3, -0.25) is 9.59 Å². The molecule has 7 nitrogen and oxygen atoms in total. The Morgan fingerprint density at radius 2 is 1.79 bits per heavy atom. The minimum absolute atomic E-state index is 0.0311. The Hall–Kier alpha value is -4.07. The largest absolute Gasteiger partial charge is 0.421 e. The zero-order valence-corrected chi connectivity index (χ0v) is 15.0. The molecule has 29 heavy (non-hydrogen) atoms. The Morgan fingerprint density at radius 1 is 1.03 bits per heavy atom. The fourth-order valence-electron chi connectivity index (χ4n) is 2.81. The number of rotatable bonds is 4. The van der Waals surface area contributed by atoms with E-state index in [0.717, 1.165) is 4.68 Å². The molecular weight excluding hydrogens is 377 g/mol. The van der Waals surface area contributed by atoms with Gasteiger partial charge in [-0.2, -0.15) is 5.10 Å². The monoisotopic (exact) mass is 391 g/mol. The fourth-order valence-corrected chi connectivity index (χ4v) is 2.81. The molecular formula is C21H14FN3O4. The summed E-state index contributed by atoms with van der Waals surface area (Å²) in [6.07, 6.45) is 0. The maximum absolute atomic E-state index is 13.1. The second-order valence-corrected chi connectivity index (χ2v) is 6.25. The van der Waals surface area contributed by atoms with Gasteiger partial charge >= 0.3 is 5.63 Å². The molecule has 1 N–H and O–H groups in total. The Labute approximate surface area is 163 Å². The van der Waals surface area contributed by atoms with Crippen molar-refractivity contribution in [2.75, 3.05) is 5.32 Å².